The number of halogens is 1. The van der Waals surface area contributed by atoms with E-state index in [0.29, 0.717) is 6.42 Å². The van der Waals surface area contributed by atoms with Crippen LogP contribution in [0.1, 0.15) is 26.3 Å². The van der Waals surface area contributed by atoms with Crippen LogP contribution in [0.5, 0.6) is 0 Å². The summed E-state index contributed by atoms with van der Waals surface area (Å²) in [6.07, 6.45) is 2.85. The maximum atomic E-state index is 13.5. The second kappa shape index (κ2) is 6.44. The standard InChI is InChI=1S/C14H20FN/c1-4-16-13(9-11(2)3)10-12-7-5-6-8-14(12)15/h5-9,13,16H,4,10H2,1-3H3. The first-order valence-corrected chi connectivity index (χ1v) is 5.75. The van der Waals surface area contributed by atoms with E-state index in [0.717, 1.165) is 12.1 Å². The molecule has 2 heteroatoms. The summed E-state index contributed by atoms with van der Waals surface area (Å²) in [6, 6.07) is 7.18. The number of hydrogen-bond acceptors (Lipinski definition) is 1. The average molecular weight is 221 g/mol. The van der Waals surface area contributed by atoms with E-state index in [-0.39, 0.29) is 11.9 Å². The molecule has 0 radical (unpaired) electrons. The van der Waals surface area contributed by atoms with Gasteiger partial charge in [-0.1, -0.05) is 36.8 Å². The summed E-state index contributed by atoms with van der Waals surface area (Å²) in [5.74, 6) is -0.118. The zero-order chi connectivity index (χ0) is 12.0. The molecule has 1 N–H and O–H groups in total. The second-order valence-corrected chi connectivity index (χ2v) is 4.20. The quantitative estimate of drug-likeness (QED) is 0.752. The molecule has 0 aliphatic rings. The lowest BCUT2D eigenvalue weighted by Gasteiger charge is -2.15. The lowest BCUT2D eigenvalue weighted by Crippen LogP contribution is -2.29. The monoisotopic (exact) mass is 221 g/mol. The molecular formula is C14H20FN. The highest BCUT2D eigenvalue weighted by Crippen LogP contribution is 2.10. The van der Waals surface area contributed by atoms with Crippen molar-refractivity contribution in [2.45, 2.75) is 33.2 Å². The summed E-state index contributed by atoms with van der Waals surface area (Å²) < 4.78 is 13.5. The first-order valence-electron chi connectivity index (χ1n) is 5.75. The second-order valence-electron chi connectivity index (χ2n) is 4.20. The Kier molecular flexibility index (Phi) is 5.20. The van der Waals surface area contributed by atoms with Crippen LogP contribution in [0.2, 0.25) is 0 Å². The third-order valence-corrected chi connectivity index (χ3v) is 2.40. The van der Waals surface area contributed by atoms with Crippen LogP contribution in [0.4, 0.5) is 4.39 Å². The van der Waals surface area contributed by atoms with Crippen molar-refractivity contribution >= 4 is 0 Å². The third-order valence-electron chi connectivity index (χ3n) is 2.40. The van der Waals surface area contributed by atoms with Gasteiger partial charge in [-0.3, -0.25) is 0 Å². The molecule has 1 nitrogen and oxygen atoms in total. The number of benzene rings is 1. The minimum atomic E-state index is -0.118. The molecule has 0 aromatic heterocycles. The zero-order valence-electron chi connectivity index (χ0n) is 10.3. The Morgan fingerprint density at radius 2 is 2.06 bits per heavy atom. The van der Waals surface area contributed by atoms with Gasteiger partial charge in [0.15, 0.2) is 0 Å². The zero-order valence-corrected chi connectivity index (χ0v) is 10.3. The van der Waals surface area contributed by atoms with Gasteiger partial charge in [0.2, 0.25) is 0 Å². The molecule has 0 heterocycles. The summed E-state index contributed by atoms with van der Waals surface area (Å²) in [5.41, 5.74) is 2.02. The van der Waals surface area contributed by atoms with Gasteiger partial charge in [0.1, 0.15) is 5.82 Å². The molecule has 0 saturated carbocycles. The Labute approximate surface area is 97.4 Å². The van der Waals surface area contributed by atoms with Crippen molar-refractivity contribution < 1.29 is 4.39 Å². The number of rotatable bonds is 5. The number of allylic oxidation sites excluding steroid dienone is 1. The molecule has 16 heavy (non-hydrogen) atoms. The smallest absolute Gasteiger partial charge is 0.126 e. The van der Waals surface area contributed by atoms with Crippen molar-refractivity contribution in [1.29, 1.82) is 0 Å². The van der Waals surface area contributed by atoms with E-state index in [1.165, 1.54) is 11.6 Å². The predicted molar refractivity (Wildman–Crippen MR) is 67.0 cm³/mol. The van der Waals surface area contributed by atoms with E-state index in [4.69, 9.17) is 0 Å². The van der Waals surface area contributed by atoms with Crippen LogP contribution in [0, 0.1) is 5.82 Å². The first kappa shape index (κ1) is 12.9. The SMILES string of the molecule is CCNC(C=C(C)C)Cc1ccccc1F. The maximum Gasteiger partial charge on any atom is 0.126 e. The molecular weight excluding hydrogens is 201 g/mol. The van der Waals surface area contributed by atoms with Crippen LogP contribution in [-0.4, -0.2) is 12.6 Å². The fourth-order valence-electron chi connectivity index (χ4n) is 1.76. The summed E-state index contributed by atoms with van der Waals surface area (Å²) in [5, 5.41) is 3.35. The molecule has 0 aliphatic carbocycles. The van der Waals surface area contributed by atoms with Crippen LogP contribution < -0.4 is 5.32 Å². The Morgan fingerprint density at radius 3 is 2.62 bits per heavy atom. The van der Waals surface area contributed by atoms with Crippen molar-refractivity contribution in [1.82, 2.24) is 5.32 Å². The molecule has 1 aromatic rings. The number of nitrogens with one attached hydrogen (secondary N) is 1. The molecule has 0 spiro atoms. The molecule has 0 amide bonds. The fraction of sp³-hybridized carbons (Fsp3) is 0.429. The molecule has 1 rings (SSSR count). The van der Waals surface area contributed by atoms with Crippen molar-refractivity contribution in [3.05, 3.63) is 47.3 Å². The number of likely N-dealkylation sites (N-methyl/N-ethyl adjacent to an activating group) is 1. The molecule has 1 atom stereocenters. The molecule has 88 valence electrons. The van der Waals surface area contributed by atoms with Gasteiger partial charge in [0, 0.05) is 6.04 Å². The lowest BCUT2D eigenvalue weighted by atomic mass is 10.0. The van der Waals surface area contributed by atoms with Crippen LogP contribution >= 0.6 is 0 Å². The van der Waals surface area contributed by atoms with Crippen molar-refractivity contribution in [3.8, 4) is 0 Å². The summed E-state index contributed by atoms with van der Waals surface area (Å²) in [7, 11) is 0. The first-order chi connectivity index (χ1) is 7.63. The van der Waals surface area contributed by atoms with Gasteiger partial charge in [-0.25, -0.2) is 4.39 Å². The molecule has 0 fully saturated rings. The van der Waals surface area contributed by atoms with E-state index < -0.39 is 0 Å². The van der Waals surface area contributed by atoms with Crippen molar-refractivity contribution in [2.75, 3.05) is 6.54 Å². The van der Waals surface area contributed by atoms with Gasteiger partial charge >= 0.3 is 0 Å². The largest absolute Gasteiger partial charge is 0.310 e. The Balaban J connectivity index is 2.75. The Morgan fingerprint density at radius 1 is 1.38 bits per heavy atom. The normalized spacial score (nSPS) is 12.2. The molecule has 0 bridgehead atoms. The highest BCUT2D eigenvalue weighted by molar-refractivity contribution is 5.20. The van der Waals surface area contributed by atoms with Crippen LogP contribution in [0.25, 0.3) is 0 Å². The van der Waals surface area contributed by atoms with Crippen molar-refractivity contribution in [2.24, 2.45) is 0 Å². The van der Waals surface area contributed by atoms with Gasteiger partial charge in [-0.2, -0.15) is 0 Å². The Hall–Kier alpha value is -1.15. The predicted octanol–water partition coefficient (Wildman–Crippen LogP) is 3.31. The van der Waals surface area contributed by atoms with Gasteiger partial charge in [-0.15, -0.1) is 0 Å². The van der Waals surface area contributed by atoms with Gasteiger partial charge in [0.05, 0.1) is 0 Å². The van der Waals surface area contributed by atoms with E-state index in [1.807, 2.05) is 12.1 Å². The minimum Gasteiger partial charge on any atom is -0.310 e. The highest BCUT2D eigenvalue weighted by atomic mass is 19.1. The van der Waals surface area contributed by atoms with Crippen LogP contribution in [0.3, 0.4) is 0 Å². The summed E-state index contributed by atoms with van der Waals surface area (Å²) in [4.78, 5) is 0. The molecule has 1 aromatic carbocycles. The van der Waals surface area contributed by atoms with Crippen LogP contribution in [-0.2, 0) is 6.42 Å². The fourth-order valence-corrected chi connectivity index (χ4v) is 1.76. The summed E-state index contributed by atoms with van der Waals surface area (Å²) in [6.45, 7) is 7.08. The topological polar surface area (TPSA) is 12.0 Å². The van der Waals surface area contributed by atoms with Crippen LogP contribution in [0.15, 0.2) is 35.9 Å². The van der Waals surface area contributed by atoms with E-state index in [2.05, 4.69) is 32.2 Å². The molecule has 0 aliphatic heterocycles. The number of hydrogen-bond donors (Lipinski definition) is 1. The third kappa shape index (κ3) is 4.15. The lowest BCUT2D eigenvalue weighted by molar-refractivity contribution is 0.568. The maximum absolute atomic E-state index is 13.5. The average Bonchev–Trinajstić information content (AvgIpc) is 2.21. The van der Waals surface area contributed by atoms with Crippen molar-refractivity contribution in [3.63, 3.8) is 0 Å². The van der Waals surface area contributed by atoms with Gasteiger partial charge < -0.3 is 5.32 Å². The summed E-state index contributed by atoms with van der Waals surface area (Å²) >= 11 is 0. The van der Waals surface area contributed by atoms with E-state index >= 15 is 0 Å². The highest BCUT2D eigenvalue weighted by Gasteiger charge is 2.08. The van der Waals surface area contributed by atoms with Gasteiger partial charge in [-0.05, 0) is 38.4 Å². The molecule has 1 unspecified atom stereocenters. The van der Waals surface area contributed by atoms with E-state index in [1.54, 1.807) is 6.07 Å². The van der Waals surface area contributed by atoms with Gasteiger partial charge in [0.25, 0.3) is 0 Å². The Bertz CT molecular complexity index is 354. The van der Waals surface area contributed by atoms with E-state index in [9.17, 15) is 4.39 Å². The molecule has 0 saturated heterocycles. The minimum absolute atomic E-state index is 0.118.